The van der Waals surface area contributed by atoms with Crippen molar-refractivity contribution in [3.63, 3.8) is 0 Å². The van der Waals surface area contributed by atoms with Crippen molar-refractivity contribution in [2.45, 2.75) is 37.0 Å². The van der Waals surface area contributed by atoms with Gasteiger partial charge in [0.05, 0.1) is 5.56 Å². The molecule has 0 aliphatic carbocycles. The number of aryl methyl sites for hydroxylation is 1. The molecule has 0 unspecified atom stereocenters. The molecular weight excluding hydrogens is 262 g/mol. The highest BCUT2D eigenvalue weighted by Crippen LogP contribution is 2.28. The van der Waals surface area contributed by atoms with Gasteiger partial charge >= 0.3 is 5.69 Å². The summed E-state index contributed by atoms with van der Waals surface area (Å²) in [5.41, 5.74) is 1.11. The maximum atomic E-state index is 11.6. The van der Waals surface area contributed by atoms with Gasteiger partial charge in [0, 0.05) is 12.2 Å². The zero-order chi connectivity index (χ0) is 14.0. The summed E-state index contributed by atoms with van der Waals surface area (Å²) in [5, 5.41) is 16.6. The van der Waals surface area contributed by atoms with Gasteiger partial charge in [-0.15, -0.1) is 5.10 Å². The van der Waals surface area contributed by atoms with E-state index in [9.17, 15) is 4.79 Å². The SMILES string of the molecule is Cc1ccnc(Sc2n[nH]c(=O)n2C(C)C)c1C#N. The number of aromatic amines is 1. The molecule has 0 aliphatic rings. The van der Waals surface area contributed by atoms with Crippen molar-refractivity contribution < 1.29 is 0 Å². The molecule has 0 spiro atoms. The third-order valence-corrected chi connectivity index (χ3v) is 3.59. The van der Waals surface area contributed by atoms with Crippen LogP contribution in [0.2, 0.25) is 0 Å². The number of hydrogen-bond donors (Lipinski definition) is 1. The molecule has 98 valence electrons. The smallest absolute Gasteiger partial charge is 0.267 e. The normalized spacial score (nSPS) is 10.7. The Morgan fingerprint density at radius 1 is 1.53 bits per heavy atom. The Bertz CT molecular complexity index is 695. The molecule has 2 rings (SSSR count). The molecule has 0 saturated heterocycles. The molecule has 2 aromatic rings. The second kappa shape index (κ2) is 5.28. The largest absolute Gasteiger partial charge is 0.344 e. The van der Waals surface area contributed by atoms with E-state index in [2.05, 4.69) is 21.3 Å². The number of nitriles is 1. The van der Waals surface area contributed by atoms with Crippen LogP contribution in [0.15, 0.2) is 27.2 Å². The lowest BCUT2D eigenvalue weighted by atomic mass is 10.2. The molecule has 19 heavy (non-hydrogen) atoms. The highest BCUT2D eigenvalue weighted by molar-refractivity contribution is 7.99. The first-order valence-electron chi connectivity index (χ1n) is 5.75. The first-order chi connectivity index (χ1) is 9.04. The van der Waals surface area contributed by atoms with Crippen molar-refractivity contribution in [2.24, 2.45) is 0 Å². The van der Waals surface area contributed by atoms with Gasteiger partial charge in [-0.05, 0) is 44.2 Å². The van der Waals surface area contributed by atoms with E-state index in [0.717, 1.165) is 5.56 Å². The third kappa shape index (κ3) is 2.53. The van der Waals surface area contributed by atoms with Gasteiger partial charge in [0.2, 0.25) is 0 Å². The van der Waals surface area contributed by atoms with E-state index < -0.39 is 0 Å². The van der Waals surface area contributed by atoms with Crippen LogP contribution >= 0.6 is 11.8 Å². The fraction of sp³-hybridized carbons (Fsp3) is 0.333. The predicted octanol–water partition coefficient (Wildman–Crippen LogP) is 1.88. The van der Waals surface area contributed by atoms with Crippen LogP contribution in [0.3, 0.4) is 0 Å². The molecule has 0 saturated carbocycles. The molecule has 1 N–H and O–H groups in total. The Morgan fingerprint density at radius 2 is 2.26 bits per heavy atom. The van der Waals surface area contributed by atoms with Crippen LogP contribution in [0.4, 0.5) is 0 Å². The minimum absolute atomic E-state index is 0.0101. The van der Waals surface area contributed by atoms with Gasteiger partial charge in [0.15, 0.2) is 5.16 Å². The van der Waals surface area contributed by atoms with Crippen LogP contribution < -0.4 is 5.69 Å². The van der Waals surface area contributed by atoms with Crippen molar-refractivity contribution in [1.29, 1.82) is 5.26 Å². The molecule has 7 heteroatoms. The molecule has 0 amide bonds. The molecule has 2 heterocycles. The molecule has 0 aromatic carbocycles. The predicted molar refractivity (Wildman–Crippen MR) is 71.0 cm³/mol. The summed E-state index contributed by atoms with van der Waals surface area (Å²) >= 11 is 1.22. The van der Waals surface area contributed by atoms with E-state index in [1.165, 1.54) is 16.3 Å². The highest BCUT2D eigenvalue weighted by Gasteiger charge is 2.16. The molecule has 0 atom stereocenters. The molecular formula is C12H13N5OS. The summed E-state index contributed by atoms with van der Waals surface area (Å²) in [6.07, 6.45) is 1.64. The Balaban J connectivity index is 2.46. The van der Waals surface area contributed by atoms with Crippen molar-refractivity contribution in [3.05, 3.63) is 33.9 Å². The summed E-state index contributed by atoms with van der Waals surface area (Å²) in [7, 11) is 0. The zero-order valence-electron chi connectivity index (χ0n) is 10.8. The summed E-state index contributed by atoms with van der Waals surface area (Å²) in [6, 6.07) is 3.90. The first kappa shape index (κ1) is 13.4. The average molecular weight is 275 g/mol. The highest BCUT2D eigenvalue weighted by atomic mass is 32.2. The molecule has 6 nitrogen and oxygen atoms in total. The van der Waals surface area contributed by atoms with Crippen LogP contribution in [0.5, 0.6) is 0 Å². The minimum atomic E-state index is -0.260. The van der Waals surface area contributed by atoms with Gasteiger partial charge in [-0.1, -0.05) is 0 Å². The van der Waals surface area contributed by atoms with Crippen LogP contribution in [0, 0.1) is 18.3 Å². The van der Waals surface area contributed by atoms with Gasteiger partial charge in [-0.25, -0.2) is 14.9 Å². The van der Waals surface area contributed by atoms with Crippen molar-refractivity contribution >= 4 is 11.8 Å². The second-order valence-electron chi connectivity index (χ2n) is 4.30. The molecule has 0 fully saturated rings. The molecule has 2 aromatic heterocycles. The van der Waals surface area contributed by atoms with Crippen molar-refractivity contribution in [3.8, 4) is 6.07 Å². The second-order valence-corrected chi connectivity index (χ2v) is 5.25. The van der Waals surface area contributed by atoms with E-state index in [1.54, 1.807) is 12.3 Å². The zero-order valence-corrected chi connectivity index (χ0v) is 11.7. The van der Waals surface area contributed by atoms with Gasteiger partial charge in [0.25, 0.3) is 0 Å². The number of hydrogen-bond acceptors (Lipinski definition) is 5. The van der Waals surface area contributed by atoms with E-state index in [1.807, 2.05) is 20.8 Å². The standard InChI is InChI=1S/C12H13N5OS/c1-7(2)17-11(18)15-16-12(17)19-10-9(6-13)8(3)4-5-14-10/h4-5,7H,1-3H3,(H,15,18). The van der Waals surface area contributed by atoms with Gasteiger partial charge < -0.3 is 0 Å². The number of pyridine rings is 1. The molecule has 0 aliphatic heterocycles. The summed E-state index contributed by atoms with van der Waals surface area (Å²) in [5.74, 6) is 0. The van der Waals surface area contributed by atoms with Crippen molar-refractivity contribution in [1.82, 2.24) is 19.7 Å². The lowest BCUT2D eigenvalue weighted by Crippen LogP contribution is -2.19. The Morgan fingerprint density at radius 3 is 2.89 bits per heavy atom. The Labute approximate surface area is 114 Å². The van der Waals surface area contributed by atoms with E-state index >= 15 is 0 Å². The number of aromatic nitrogens is 4. The molecule has 0 radical (unpaired) electrons. The van der Waals surface area contributed by atoms with Gasteiger partial charge in [0.1, 0.15) is 11.1 Å². The number of H-pyrrole nitrogens is 1. The quantitative estimate of drug-likeness (QED) is 0.924. The Hall–Kier alpha value is -2.07. The van der Waals surface area contributed by atoms with Crippen LogP contribution in [-0.2, 0) is 0 Å². The van der Waals surface area contributed by atoms with E-state index in [0.29, 0.717) is 15.7 Å². The lowest BCUT2D eigenvalue weighted by Gasteiger charge is -2.09. The average Bonchev–Trinajstić information content (AvgIpc) is 2.71. The van der Waals surface area contributed by atoms with E-state index in [4.69, 9.17) is 5.26 Å². The first-order valence-corrected chi connectivity index (χ1v) is 6.56. The number of nitrogens with one attached hydrogen (secondary N) is 1. The topological polar surface area (TPSA) is 87.4 Å². The maximum Gasteiger partial charge on any atom is 0.344 e. The summed E-state index contributed by atoms with van der Waals surface area (Å²) in [4.78, 5) is 15.8. The third-order valence-electron chi connectivity index (χ3n) is 2.61. The van der Waals surface area contributed by atoms with Crippen LogP contribution in [-0.4, -0.2) is 19.7 Å². The van der Waals surface area contributed by atoms with E-state index in [-0.39, 0.29) is 11.7 Å². The van der Waals surface area contributed by atoms with Gasteiger partial charge in [-0.2, -0.15) is 5.26 Å². The monoisotopic (exact) mass is 275 g/mol. The van der Waals surface area contributed by atoms with Crippen LogP contribution in [0.1, 0.15) is 31.0 Å². The lowest BCUT2D eigenvalue weighted by molar-refractivity contribution is 0.534. The fourth-order valence-electron chi connectivity index (χ4n) is 1.65. The Kier molecular flexibility index (Phi) is 3.71. The minimum Gasteiger partial charge on any atom is -0.267 e. The van der Waals surface area contributed by atoms with Gasteiger partial charge in [-0.3, -0.25) is 4.57 Å². The summed E-state index contributed by atoms with van der Waals surface area (Å²) in [6.45, 7) is 5.65. The number of rotatable bonds is 3. The molecule has 0 bridgehead atoms. The summed E-state index contributed by atoms with van der Waals surface area (Å²) < 4.78 is 1.54. The maximum absolute atomic E-state index is 11.6. The fourth-order valence-corrected chi connectivity index (χ4v) is 2.73. The van der Waals surface area contributed by atoms with Crippen molar-refractivity contribution in [2.75, 3.05) is 0 Å². The number of nitrogens with zero attached hydrogens (tertiary/aromatic N) is 4. The van der Waals surface area contributed by atoms with Crippen LogP contribution in [0.25, 0.3) is 0 Å².